The lowest BCUT2D eigenvalue weighted by Crippen LogP contribution is -2.35. The zero-order valence-electron chi connectivity index (χ0n) is 11.3. The van der Waals surface area contributed by atoms with Gasteiger partial charge in [0, 0.05) is 4.47 Å². The van der Waals surface area contributed by atoms with Crippen molar-refractivity contribution in [2.45, 2.75) is 25.8 Å². The van der Waals surface area contributed by atoms with Gasteiger partial charge in [-0.15, -0.1) is 0 Å². The lowest BCUT2D eigenvalue weighted by Gasteiger charge is -2.13. The van der Waals surface area contributed by atoms with Crippen molar-refractivity contribution < 1.29 is 14.3 Å². The second-order valence-corrected chi connectivity index (χ2v) is 5.50. The van der Waals surface area contributed by atoms with Crippen LogP contribution in [0.2, 0.25) is 0 Å². The largest absolute Gasteiger partial charge is 0.492 e. The summed E-state index contributed by atoms with van der Waals surface area (Å²) in [6.07, 6.45) is 1.53. The highest BCUT2D eigenvalue weighted by atomic mass is 79.9. The van der Waals surface area contributed by atoms with Crippen LogP contribution >= 0.6 is 15.9 Å². The molecule has 0 aliphatic carbocycles. The molecule has 0 spiro atoms. The van der Waals surface area contributed by atoms with Gasteiger partial charge in [0.1, 0.15) is 18.4 Å². The van der Waals surface area contributed by atoms with Gasteiger partial charge in [-0.3, -0.25) is 9.69 Å². The van der Waals surface area contributed by atoms with Crippen molar-refractivity contribution in [1.29, 1.82) is 0 Å². The Kier molecular flexibility index (Phi) is 5.00. The Morgan fingerprint density at radius 3 is 2.90 bits per heavy atom. The van der Waals surface area contributed by atoms with Crippen molar-refractivity contribution in [3.05, 3.63) is 28.7 Å². The molecule has 0 radical (unpaired) electrons. The first-order chi connectivity index (χ1) is 9.61. The summed E-state index contributed by atoms with van der Waals surface area (Å²) < 4.78 is 6.46. The van der Waals surface area contributed by atoms with Crippen molar-refractivity contribution in [2.75, 3.05) is 13.2 Å². The molecule has 1 unspecified atom stereocenters. The molecule has 0 saturated carbocycles. The predicted molar refractivity (Wildman–Crippen MR) is 78.6 cm³/mol. The molecule has 20 heavy (non-hydrogen) atoms. The number of amides is 3. The van der Waals surface area contributed by atoms with Crippen LogP contribution < -0.4 is 10.1 Å². The Hall–Kier alpha value is -1.56. The highest BCUT2D eigenvalue weighted by Crippen LogP contribution is 2.18. The smallest absolute Gasteiger partial charge is 0.324 e. The van der Waals surface area contributed by atoms with Crippen LogP contribution in [0.4, 0.5) is 4.79 Å². The van der Waals surface area contributed by atoms with Crippen LogP contribution in [-0.4, -0.2) is 36.0 Å². The molecule has 1 aliphatic heterocycles. The van der Waals surface area contributed by atoms with Gasteiger partial charge in [0.2, 0.25) is 0 Å². The number of hydrogen-bond donors (Lipinski definition) is 1. The molecule has 5 nitrogen and oxygen atoms in total. The van der Waals surface area contributed by atoms with E-state index in [0.717, 1.165) is 10.9 Å². The number of urea groups is 1. The first-order valence-corrected chi connectivity index (χ1v) is 7.41. The number of carbonyl (C=O) groups excluding carboxylic acids is 2. The SMILES string of the molecule is CCCC1NC(=O)N(CCOc2cccc(Br)c2)C1=O. The number of hydrogen-bond acceptors (Lipinski definition) is 3. The number of nitrogens with zero attached hydrogens (tertiary/aromatic N) is 1. The minimum absolute atomic E-state index is 0.158. The third kappa shape index (κ3) is 3.50. The van der Waals surface area contributed by atoms with E-state index in [0.29, 0.717) is 12.2 Å². The lowest BCUT2D eigenvalue weighted by molar-refractivity contribution is -0.127. The second kappa shape index (κ2) is 6.74. The summed E-state index contributed by atoms with van der Waals surface area (Å²) in [5.74, 6) is 0.547. The number of halogens is 1. The number of imide groups is 1. The maximum atomic E-state index is 12.0. The Balaban J connectivity index is 1.85. The molecular formula is C14H17BrN2O3. The van der Waals surface area contributed by atoms with Gasteiger partial charge in [0.15, 0.2) is 0 Å². The summed E-state index contributed by atoms with van der Waals surface area (Å²) in [7, 11) is 0. The van der Waals surface area contributed by atoms with Crippen molar-refractivity contribution in [2.24, 2.45) is 0 Å². The summed E-state index contributed by atoms with van der Waals surface area (Å²) in [5.41, 5.74) is 0. The zero-order valence-corrected chi connectivity index (χ0v) is 12.9. The summed E-state index contributed by atoms with van der Waals surface area (Å²) in [4.78, 5) is 24.9. The average molecular weight is 341 g/mol. The van der Waals surface area contributed by atoms with Crippen molar-refractivity contribution in [1.82, 2.24) is 10.2 Å². The van der Waals surface area contributed by atoms with Crippen LogP contribution in [0.3, 0.4) is 0 Å². The molecule has 1 saturated heterocycles. The average Bonchev–Trinajstić information content (AvgIpc) is 2.67. The molecule has 1 aliphatic rings. The minimum atomic E-state index is -0.377. The van der Waals surface area contributed by atoms with Gasteiger partial charge < -0.3 is 10.1 Å². The molecule has 6 heteroatoms. The molecule has 0 aromatic heterocycles. The summed E-state index contributed by atoms with van der Waals surface area (Å²) in [5, 5.41) is 2.69. The molecule has 3 amide bonds. The zero-order chi connectivity index (χ0) is 14.5. The van der Waals surface area contributed by atoms with Crippen LogP contribution in [0, 0.1) is 0 Å². The number of ether oxygens (including phenoxy) is 1. The van der Waals surface area contributed by atoms with E-state index >= 15 is 0 Å². The number of benzene rings is 1. The highest BCUT2D eigenvalue weighted by molar-refractivity contribution is 9.10. The molecule has 1 aromatic carbocycles. The van der Waals surface area contributed by atoms with Crippen molar-refractivity contribution in [3.63, 3.8) is 0 Å². The number of nitrogens with one attached hydrogen (secondary N) is 1. The van der Waals surface area contributed by atoms with E-state index in [-0.39, 0.29) is 31.1 Å². The standard InChI is InChI=1S/C14H17BrN2O3/c1-2-4-12-13(18)17(14(19)16-12)7-8-20-11-6-3-5-10(15)9-11/h3,5-6,9,12H,2,4,7-8H2,1H3,(H,16,19). The quantitative estimate of drug-likeness (QED) is 0.809. The van der Waals surface area contributed by atoms with Gasteiger partial charge in [-0.2, -0.15) is 0 Å². The van der Waals surface area contributed by atoms with Gasteiger partial charge in [0.05, 0.1) is 6.54 Å². The third-order valence-corrected chi connectivity index (χ3v) is 3.56. The number of rotatable bonds is 6. The number of carbonyl (C=O) groups is 2. The minimum Gasteiger partial charge on any atom is -0.492 e. The van der Waals surface area contributed by atoms with Crippen LogP contribution in [0.5, 0.6) is 5.75 Å². The Bertz CT molecular complexity index is 507. The van der Waals surface area contributed by atoms with E-state index in [1.54, 1.807) is 0 Å². The summed E-state index contributed by atoms with van der Waals surface area (Å²) >= 11 is 3.36. The Morgan fingerprint density at radius 1 is 1.40 bits per heavy atom. The van der Waals surface area contributed by atoms with Gasteiger partial charge in [0.25, 0.3) is 5.91 Å². The Labute approximate surface area is 126 Å². The summed E-state index contributed by atoms with van der Waals surface area (Å²) in [6.45, 7) is 2.53. The van der Waals surface area contributed by atoms with Gasteiger partial charge in [-0.25, -0.2) is 4.79 Å². The summed E-state index contributed by atoms with van der Waals surface area (Å²) in [6, 6.07) is 6.73. The first-order valence-electron chi connectivity index (χ1n) is 6.62. The van der Waals surface area contributed by atoms with Gasteiger partial charge in [-0.05, 0) is 24.6 Å². The van der Waals surface area contributed by atoms with E-state index < -0.39 is 0 Å². The van der Waals surface area contributed by atoms with E-state index in [9.17, 15) is 9.59 Å². The normalized spacial score (nSPS) is 18.3. The van der Waals surface area contributed by atoms with Gasteiger partial charge in [-0.1, -0.05) is 35.3 Å². The maximum Gasteiger partial charge on any atom is 0.324 e. The second-order valence-electron chi connectivity index (χ2n) is 4.59. The van der Waals surface area contributed by atoms with Crippen LogP contribution in [0.15, 0.2) is 28.7 Å². The van der Waals surface area contributed by atoms with Gasteiger partial charge >= 0.3 is 6.03 Å². The van der Waals surface area contributed by atoms with E-state index in [2.05, 4.69) is 21.2 Å². The molecular weight excluding hydrogens is 324 g/mol. The van der Waals surface area contributed by atoms with E-state index in [1.807, 2.05) is 31.2 Å². The fourth-order valence-electron chi connectivity index (χ4n) is 2.08. The highest BCUT2D eigenvalue weighted by Gasteiger charge is 2.36. The van der Waals surface area contributed by atoms with Crippen molar-refractivity contribution >= 4 is 27.9 Å². The van der Waals surface area contributed by atoms with Crippen LogP contribution in [0.1, 0.15) is 19.8 Å². The molecule has 0 bridgehead atoms. The maximum absolute atomic E-state index is 12.0. The lowest BCUT2D eigenvalue weighted by atomic mass is 10.2. The van der Waals surface area contributed by atoms with E-state index in [1.165, 1.54) is 4.90 Å². The molecule has 1 N–H and O–H groups in total. The fraction of sp³-hybridized carbons (Fsp3) is 0.429. The molecule has 1 heterocycles. The van der Waals surface area contributed by atoms with Crippen LogP contribution in [0.25, 0.3) is 0 Å². The van der Waals surface area contributed by atoms with Crippen molar-refractivity contribution in [3.8, 4) is 5.75 Å². The third-order valence-electron chi connectivity index (χ3n) is 3.06. The van der Waals surface area contributed by atoms with Crippen LogP contribution in [-0.2, 0) is 4.79 Å². The molecule has 1 fully saturated rings. The molecule has 1 aromatic rings. The fourth-order valence-corrected chi connectivity index (χ4v) is 2.46. The van der Waals surface area contributed by atoms with E-state index in [4.69, 9.17) is 4.74 Å². The molecule has 2 rings (SSSR count). The monoisotopic (exact) mass is 340 g/mol. The Morgan fingerprint density at radius 2 is 2.20 bits per heavy atom. The predicted octanol–water partition coefficient (Wildman–Crippen LogP) is 2.55. The first kappa shape index (κ1) is 14.8. The topological polar surface area (TPSA) is 58.6 Å². The molecule has 1 atom stereocenters. The molecule has 108 valence electrons.